The van der Waals surface area contributed by atoms with Crippen LogP contribution in [0.2, 0.25) is 0 Å². The van der Waals surface area contributed by atoms with Crippen molar-refractivity contribution < 1.29 is 18.0 Å². The second kappa shape index (κ2) is 6.39. The molecule has 0 saturated carbocycles. The molecule has 8 heteroatoms. The van der Waals surface area contributed by atoms with Crippen molar-refractivity contribution in [3.05, 3.63) is 41.3 Å². The number of hydrogen-bond acceptors (Lipinski definition) is 3. The molecule has 0 unspecified atom stereocenters. The summed E-state index contributed by atoms with van der Waals surface area (Å²) in [6.07, 6.45) is -2.99. The summed E-state index contributed by atoms with van der Waals surface area (Å²) in [5, 5.41) is 6.83. The fourth-order valence-electron chi connectivity index (χ4n) is 1.95. The average Bonchev–Trinajstić information content (AvgIpc) is 2.79. The zero-order chi connectivity index (χ0) is 17.2. The number of rotatable bonds is 4. The summed E-state index contributed by atoms with van der Waals surface area (Å²) in [7, 11) is 0. The number of hydrogen-bond donors (Lipinski definition) is 1. The van der Waals surface area contributed by atoms with E-state index < -0.39 is 17.8 Å². The average molecular weight is 326 g/mol. The standard InChI is InChI=1S/C15H17F3N4O/c1-9(2)22-8-10(3)14(21-22)20-13(23)7-11-5-4-6-12(19-11)15(16,17)18/h4-6,8-9H,7H2,1-3H3,(H,20,21,23). The van der Waals surface area contributed by atoms with Gasteiger partial charge in [0.25, 0.3) is 0 Å². The van der Waals surface area contributed by atoms with Gasteiger partial charge in [-0.15, -0.1) is 0 Å². The minimum Gasteiger partial charge on any atom is -0.309 e. The van der Waals surface area contributed by atoms with Gasteiger partial charge in [-0.3, -0.25) is 9.48 Å². The number of aryl methyl sites for hydroxylation is 1. The molecular weight excluding hydrogens is 309 g/mol. The summed E-state index contributed by atoms with van der Waals surface area (Å²) in [6.45, 7) is 5.69. The summed E-state index contributed by atoms with van der Waals surface area (Å²) < 4.78 is 39.5. The molecule has 1 amide bonds. The second-order valence-electron chi connectivity index (χ2n) is 5.47. The predicted octanol–water partition coefficient (Wildman–Crippen LogP) is 3.37. The Hall–Kier alpha value is -2.38. The molecular formula is C15H17F3N4O. The van der Waals surface area contributed by atoms with Crippen LogP contribution in [0, 0.1) is 6.92 Å². The first-order valence-corrected chi connectivity index (χ1v) is 7.05. The van der Waals surface area contributed by atoms with Crippen LogP contribution in [0.25, 0.3) is 0 Å². The van der Waals surface area contributed by atoms with Gasteiger partial charge < -0.3 is 5.32 Å². The Kier molecular flexibility index (Phi) is 4.72. The number of nitrogens with zero attached hydrogens (tertiary/aromatic N) is 3. The highest BCUT2D eigenvalue weighted by Crippen LogP contribution is 2.27. The van der Waals surface area contributed by atoms with E-state index in [2.05, 4.69) is 15.4 Å². The minimum atomic E-state index is -4.53. The number of carbonyl (C=O) groups is 1. The van der Waals surface area contributed by atoms with Gasteiger partial charge in [-0.05, 0) is 32.9 Å². The molecule has 2 aromatic heterocycles. The maximum absolute atomic E-state index is 12.6. The van der Waals surface area contributed by atoms with Gasteiger partial charge in [0.05, 0.1) is 12.1 Å². The molecule has 5 nitrogen and oxygen atoms in total. The molecule has 0 saturated heterocycles. The molecule has 23 heavy (non-hydrogen) atoms. The first-order valence-electron chi connectivity index (χ1n) is 7.05. The van der Waals surface area contributed by atoms with E-state index in [-0.39, 0.29) is 18.2 Å². The van der Waals surface area contributed by atoms with Crippen LogP contribution in [-0.2, 0) is 17.4 Å². The number of alkyl halides is 3. The van der Waals surface area contributed by atoms with Crippen molar-refractivity contribution in [2.45, 2.75) is 39.4 Å². The summed E-state index contributed by atoms with van der Waals surface area (Å²) in [6, 6.07) is 3.63. The highest BCUT2D eigenvalue weighted by atomic mass is 19.4. The fourth-order valence-corrected chi connectivity index (χ4v) is 1.95. The number of nitrogens with one attached hydrogen (secondary N) is 1. The maximum atomic E-state index is 12.6. The molecule has 0 radical (unpaired) electrons. The van der Waals surface area contributed by atoms with Crippen molar-refractivity contribution in [1.29, 1.82) is 0 Å². The normalized spacial score (nSPS) is 11.8. The Balaban J connectivity index is 2.08. The van der Waals surface area contributed by atoms with Crippen LogP contribution in [-0.4, -0.2) is 20.7 Å². The molecule has 0 aromatic carbocycles. The van der Waals surface area contributed by atoms with Gasteiger partial charge in [0.2, 0.25) is 5.91 Å². The van der Waals surface area contributed by atoms with Gasteiger partial charge in [0, 0.05) is 17.8 Å². The van der Waals surface area contributed by atoms with Crippen LogP contribution in [0.3, 0.4) is 0 Å². The summed E-state index contributed by atoms with van der Waals surface area (Å²) in [4.78, 5) is 15.5. The van der Waals surface area contributed by atoms with Gasteiger partial charge >= 0.3 is 6.18 Å². The third-order valence-electron chi connectivity index (χ3n) is 3.14. The summed E-state index contributed by atoms with van der Waals surface area (Å²) in [5.41, 5.74) is -0.176. The largest absolute Gasteiger partial charge is 0.433 e. The Morgan fingerprint density at radius 1 is 1.35 bits per heavy atom. The molecule has 124 valence electrons. The Labute approximate surface area is 131 Å². The van der Waals surface area contributed by atoms with Crippen molar-refractivity contribution >= 4 is 11.7 Å². The van der Waals surface area contributed by atoms with Crippen molar-refractivity contribution in [3.8, 4) is 0 Å². The Morgan fingerprint density at radius 2 is 2.04 bits per heavy atom. The molecule has 0 fully saturated rings. The van der Waals surface area contributed by atoms with Crippen LogP contribution < -0.4 is 5.32 Å². The van der Waals surface area contributed by atoms with E-state index in [0.717, 1.165) is 11.6 Å². The highest BCUT2D eigenvalue weighted by molar-refractivity contribution is 5.91. The molecule has 0 bridgehead atoms. The lowest BCUT2D eigenvalue weighted by Gasteiger charge is -2.08. The lowest BCUT2D eigenvalue weighted by Crippen LogP contribution is -2.18. The molecule has 2 aromatic rings. The van der Waals surface area contributed by atoms with E-state index >= 15 is 0 Å². The van der Waals surface area contributed by atoms with Gasteiger partial charge in [0.15, 0.2) is 5.82 Å². The third kappa shape index (κ3) is 4.30. The van der Waals surface area contributed by atoms with Gasteiger partial charge in [-0.2, -0.15) is 18.3 Å². The number of aromatic nitrogens is 3. The van der Waals surface area contributed by atoms with E-state index in [0.29, 0.717) is 5.82 Å². The van der Waals surface area contributed by atoms with E-state index in [1.165, 1.54) is 12.1 Å². The highest BCUT2D eigenvalue weighted by Gasteiger charge is 2.32. The zero-order valence-electron chi connectivity index (χ0n) is 13.0. The van der Waals surface area contributed by atoms with Gasteiger partial charge in [-0.25, -0.2) is 4.98 Å². The third-order valence-corrected chi connectivity index (χ3v) is 3.14. The maximum Gasteiger partial charge on any atom is 0.433 e. The fraction of sp³-hybridized carbons (Fsp3) is 0.400. The quantitative estimate of drug-likeness (QED) is 0.937. The number of pyridine rings is 1. The molecule has 0 atom stereocenters. The molecule has 2 rings (SSSR count). The monoisotopic (exact) mass is 326 g/mol. The minimum absolute atomic E-state index is 0.0540. The van der Waals surface area contributed by atoms with Crippen molar-refractivity contribution in [3.63, 3.8) is 0 Å². The summed E-state index contributed by atoms with van der Waals surface area (Å²) >= 11 is 0. The van der Waals surface area contributed by atoms with Crippen LogP contribution >= 0.6 is 0 Å². The van der Waals surface area contributed by atoms with E-state index in [1.54, 1.807) is 17.8 Å². The Bertz CT molecular complexity index is 707. The molecule has 0 spiro atoms. The van der Waals surface area contributed by atoms with Crippen LogP contribution in [0.15, 0.2) is 24.4 Å². The topological polar surface area (TPSA) is 59.8 Å². The number of halogens is 3. The second-order valence-corrected chi connectivity index (χ2v) is 5.47. The smallest absolute Gasteiger partial charge is 0.309 e. The van der Waals surface area contributed by atoms with Crippen molar-refractivity contribution in [1.82, 2.24) is 14.8 Å². The zero-order valence-corrected chi connectivity index (χ0v) is 13.0. The number of anilines is 1. The summed E-state index contributed by atoms with van der Waals surface area (Å²) in [5.74, 6) is -0.0652. The van der Waals surface area contributed by atoms with Crippen LogP contribution in [0.1, 0.15) is 36.8 Å². The number of amides is 1. The Morgan fingerprint density at radius 3 is 2.61 bits per heavy atom. The van der Waals surface area contributed by atoms with Gasteiger partial charge in [0.1, 0.15) is 5.69 Å². The van der Waals surface area contributed by atoms with Gasteiger partial charge in [-0.1, -0.05) is 6.07 Å². The number of carbonyl (C=O) groups excluding carboxylic acids is 1. The molecule has 1 N–H and O–H groups in total. The van der Waals surface area contributed by atoms with Crippen LogP contribution in [0.4, 0.5) is 19.0 Å². The molecule has 0 aliphatic rings. The first kappa shape index (κ1) is 17.0. The molecule has 0 aliphatic heterocycles. The molecule has 2 heterocycles. The van der Waals surface area contributed by atoms with E-state index in [4.69, 9.17) is 0 Å². The lowest BCUT2D eigenvalue weighted by atomic mass is 10.2. The first-order chi connectivity index (χ1) is 10.7. The molecule has 0 aliphatic carbocycles. The van der Waals surface area contributed by atoms with Crippen molar-refractivity contribution in [2.75, 3.05) is 5.32 Å². The van der Waals surface area contributed by atoms with Crippen molar-refractivity contribution in [2.24, 2.45) is 0 Å². The van der Waals surface area contributed by atoms with E-state index in [1.807, 2.05) is 13.8 Å². The SMILES string of the molecule is Cc1cn(C(C)C)nc1NC(=O)Cc1cccc(C(F)(F)F)n1. The predicted molar refractivity (Wildman–Crippen MR) is 78.9 cm³/mol. The van der Waals surface area contributed by atoms with E-state index in [9.17, 15) is 18.0 Å². The van der Waals surface area contributed by atoms with Crippen LogP contribution in [0.5, 0.6) is 0 Å². The lowest BCUT2D eigenvalue weighted by molar-refractivity contribution is -0.141.